The highest BCUT2D eigenvalue weighted by Gasteiger charge is 2.47. The fraction of sp³-hybridized carbons (Fsp3) is 0.559. The number of hydrogen-bond acceptors (Lipinski definition) is 8. The molecule has 3 amide bonds. The van der Waals surface area contributed by atoms with Crippen molar-refractivity contribution in [3.63, 3.8) is 0 Å². The van der Waals surface area contributed by atoms with Gasteiger partial charge in [0.05, 0.1) is 16.4 Å². The Morgan fingerprint density at radius 2 is 1.80 bits per heavy atom. The second kappa shape index (κ2) is 12.2. The van der Waals surface area contributed by atoms with Crippen LogP contribution in [-0.2, 0) is 26.3 Å². The van der Waals surface area contributed by atoms with Crippen molar-refractivity contribution >= 4 is 41.1 Å². The number of rotatable bonds is 5. The van der Waals surface area contributed by atoms with Gasteiger partial charge in [-0.15, -0.1) is 0 Å². The van der Waals surface area contributed by atoms with E-state index in [0.717, 1.165) is 48.3 Å². The van der Waals surface area contributed by atoms with Crippen molar-refractivity contribution in [2.45, 2.75) is 75.3 Å². The first kappa shape index (κ1) is 31.1. The lowest BCUT2D eigenvalue weighted by atomic mass is 9.82. The van der Waals surface area contributed by atoms with Crippen molar-refractivity contribution < 1.29 is 23.9 Å². The number of nitrogens with one attached hydrogen (secondary N) is 1. The van der Waals surface area contributed by atoms with E-state index in [1.165, 1.54) is 6.42 Å². The fourth-order valence-electron chi connectivity index (χ4n) is 8.28. The number of benzene rings is 2. The SMILES string of the molecule is Cc1cc(C[C@@H](OC(=O)N2CCC3(CC2)OC(=O)Nc2ccccc23)C(=O)N2CCC(N3CC4CC3CN4C)CC2)cc(Cl)c1N. The van der Waals surface area contributed by atoms with Crippen LogP contribution in [0.4, 0.5) is 21.0 Å². The minimum atomic E-state index is -1.01. The van der Waals surface area contributed by atoms with Gasteiger partial charge in [0.15, 0.2) is 6.10 Å². The zero-order chi connectivity index (χ0) is 32.2. The van der Waals surface area contributed by atoms with Crippen LogP contribution in [0, 0.1) is 6.92 Å². The summed E-state index contributed by atoms with van der Waals surface area (Å²) in [6.07, 6.45) is 2.07. The molecule has 2 aromatic carbocycles. The molecule has 12 heteroatoms. The number of para-hydroxylation sites is 1. The monoisotopic (exact) mass is 650 g/mol. The highest BCUT2D eigenvalue weighted by atomic mass is 35.5. The Labute approximate surface area is 274 Å². The van der Waals surface area contributed by atoms with Crippen molar-refractivity contribution in [1.29, 1.82) is 0 Å². The average Bonchev–Trinajstić information content (AvgIpc) is 3.63. The Kier molecular flexibility index (Phi) is 8.27. The molecule has 4 saturated heterocycles. The van der Waals surface area contributed by atoms with Gasteiger partial charge in [0, 0.05) is 82.2 Å². The molecule has 2 bridgehead atoms. The van der Waals surface area contributed by atoms with Gasteiger partial charge >= 0.3 is 12.2 Å². The van der Waals surface area contributed by atoms with Crippen LogP contribution in [0.25, 0.3) is 0 Å². The first-order chi connectivity index (χ1) is 22.1. The van der Waals surface area contributed by atoms with Gasteiger partial charge in [0.1, 0.15) is 5.60 Å². The third-order valence-corrected chi connectivity index (χ3v) is 11.2. The summed E-state index contributed by atoms with van der Waals surface area (Å²) in [5, 5.41) is 3.18. The number of fused-ring (bicyclic) bond motifs is 4. The fourth-order valence-corrected chi connectivity index (χ4v) is 8.57. The second-order valence-corrected chi connectivity index (χ2v) is 14.1. The molecule has 5 heterocycles. The maximum Gasteiger partial charge on any atom is 0.412 e. The number of amides is 3. The van der Waals surface area contributed by atoms with E-state index in [1.807, 2.05) is 42.2 Å². The summed E-state index contributed by atoms with van der Waals surface area (Å²) in [4.78, 5) is 48.6. The number of nitrogens with two attached hydrogens (primary N) is 1. The van der Waals surface area contributed by atoms with Gasteiger partial charge in [-0.1, -0.05) is 35.9 Å². The van der Waals surface area contributed by atoms with Crippen molar-refractivity contribution in [1.82, 2.24) is 19.6 Å². The third kappa shape index (κ3) is 5.77. The molecule has 2 aromatic rings. The molecule has 46 heavy (non-hydrogen) atoms. The van der Waals surface area contributed by atoms with Gasteiger partial charge in [-0.2, -0.15) is 0 Å². The minimum Gasteiger partial charge on any atom is -0.438 e. The molecular weight excluding hydrogens is 608 g/mol. The number of ether oxygens (including phenoxy) is 2. The number of likely N-dealkylation sites (tertiary alicyclic amines) is 4. The summed E-state index contributed by atoms with van der Waals surface area (Å²) in [5.74, 6) is -0.185. The molecule has 3 atom stereocenters. The van der Waals surface area contributed by atoms with Crippen LogP contribution in [0.3, 0.4) is 0 Å². The van der Waals surface area contributed by atoms with Crippen LogP contribution in [-0.4, -0.2) is 108 Å². The zero-order valence-electron chi connectivity index (χ0n) is 26.5. The number of nitrogen functional groups attached to an aromatic ring is 1. The number of piperazine rings is 1. The van der Waals surface area contributed by atoms with Crippen molar-refractivity contribution in [2.75, 3.05) is 57.4 Å². The van der Waals surface area contributed by atoms with E-state index in [1.54, 1.807) is 11.0 Å². The average molecular weight is 651 g/mol. The van der Waals surface area contributed by atoms with Crippen LogP contribution < -0.4 is 11.1 Å². The van der Waals surface area contributed by atoms with E-state index in [9.17, 15) is 14.4 Å². The Balaban J connectivity index is 1.03. The molecule has 246 valence electrons. The molecule has 4 fully saturated rings. The number of anilines is 2. The summed E-state index contributed by atoms with van der Waals surface area (Å²) >= 11 is 6.41. The second-order valence-electron chi connectivity index (χ2n) is 13.7. The molecule has 7 rings (SSSR count). The van der Waals surface area contributed by atoms with Crippen molar-refractivity contribution in [2.24, 2.45) is 0 Å². The van der Waals surface area contributed by atoms with Crippen LogP contribution in [0.5, 0.6) is 0 Å². The quantitative estimate of drug-likeness (QED) is 0.462. The standard InChI is InChI=1S/C34H43ClN6O5/c1-21-15-22(16-27(35)30(21)36)17-29(31(42)39-11-7-23(8-12-39)41-20-24-18-25(41)19-38(24)2)45-33(44)40-13-9-34(10-14-40)26-5-3-4-6-28(26)37-32(43)46-34/h3-6,15-16,23-25,29H,7-14,17-20,36H2,1-2H3,(H,37,43)/t24?,25?,29-/m1/s1. The Bertz CT molecular complexity index is 1500. The topological polar surface area (TPSA) is 121 Å². The van der Waals surface area contributed by atoms with Gasteiger partial charge < -0.3 is 29.9 Å². The van der Waals surface area contributed by atoms with Gasteiger partial charge in [-0.25, -0.2) is 9.59 Å². The lowest BCUT2D eigenvalue weighted by Gasteiger charge is -2.44. The van der Waals surface area contributed by atoms with Crippen molar-refractivity contribution in [3.05, 3.63) is 58.1 Å². The predicted molar refractivity (Wildman–Crippen MR) is 175 cm³/mol. The number of hydrogen-bond donors (Lipinski definition) is 2. The molecule has 11 nitrogen and oxygen atoms in total. The largest absolute Gasteiger partial charge is 0.438 e. The Hall–Kier alpha value is -3.54. The summed E-state index contributed by atoms with van der Waals surface area (Å²) < 4.78 is 11.9. The maximum atomic E-state index is 14.1. The van der Waals surface area contributed by atoms with Gasteiger partial charge in [-0.3, -0.25) is 15.0 Å². The van der Waals surface area contributed by atoms with Gasteiger partial charge in [0.2, 0.25) is 0 Å². The molecular formula is C34H43ClN6O5. The van der Waals surface area contributed by atoms with E-state index < -0.39 is 23.9 Å². The van der Waals surface area contributed by atoms with Crippen molar-refractivity contribution in [3.8, 4) is 0 Å². The molecule has 0 saturated carbocycles. The lowest BCUT2D eigenvalue weighted by Crippen LogP contribution is -2.55. The molecule has 0 radical (unpaired) electrons. The number of carbonyl (C=O) groups excluding carboxylic acids is 3. The van der Waals surface area contributed by atoms with Crippen LogP contribution >= 0.6 is 11.6 Å². The van der Waals surface area contributed by atoms with Crippen LogP contribution in [0.15, 0.2) is 36.4 Å². The molecule has 0 aromatic heterocycles. The summed E-state index contributed by atoms with van der Waals surface area (Å²) in [5.41, 5.74) is 9.00. The van der Waals surface area contributed by atoms with E-state index >= 15 is 0 Å². The maximum absolute atomic E-state index is 14.1. The number of piperidine rings is 2. The third-order valence-electron chi connectivity index (χ3n) is 10.9. The van der Waals surface area contributed by atoms with Crippen LogP contribution in [0.2, 0.25) is 5.02 Å². The Morgan fingerprint density at radius 3 is 2.48 bits per heavy atom. The molecule has 1 spiro atoms. The first-order valence-electron chi connectivity index (χ1n) is 16.4. The highest BCUT2D eigenvalue weighted by Crippen LogP contribution is 2.43. The number of halogens is 1. The zero-order valence-corrected chi connectivity index (χ0v) is 27.3. The summed E-state index contributed by atoms with van der Waals surface area (Å²) in [6.45, 7) is 6.02. The normalized spacial score (nSPS) is 25.2. The van der Waals surface area contributed by atoms with Crippen LogP contribution in [0.1, 0.15) is 48.8 Å². The number of aryl methyl sites for hydroxylation is 1. The van der Waals surface area contributed by atoms with Gasteiger partial charge in [0.25, 0.3) is 5.91 Å². The van der Waals surface area contributed by atoms with E-state index in [4.69, 9.17) is 26.8 Å². The molecule has 0 aliphatic carbocycles. The number of likely N-dealkylation sites (N-methyl/N-ethyl adjacent to an activating group) is 1. The molecule has 3 N–H and O–H groups in total. The minimum absolute atomic E-state index is 0.185. The number of carbonyl (C=O) groups is 3. The van der Waals surface area contributed by atoms with Gasteiger partial charge in [-0.05, 0) is 56.5 Å². The number of nitrogens with zero attached hydrogens (tertiary/aromatic N) is 4. The van der Waals surface area contributed by atoms with E-state index in [-0.39, 0.29) is 12.3 Å². The lowest BCUT2D eigenvalue weighted by molar-refractivity contribution is -0.143. The summed E-state index contributed by atoms with van der Waals surface area (Å²) in [6, 6.07) is 13.0. The molecule has 2 unspecified atom stereocenters. The first-order valence-corrected chi connectivity index (χ1v) is 16.8. The molecule has 5 aliphatic heterocycles. The smallest absolute Gasteiger partial charge is 0.412 e. The van der Waals surface area contributed by atoms with E-state index in [2.05, 4.69) is 22.2 Å². The Morgan fingerprint density at radius 1 is 1.07 bits per heavy atom. The predicted octanol–water partition coefficient (Wildman–Crippen LogP) is 4.21. The van der Waals surface area contributed by atoms with E-state index in [0.29, 0.717) is 67.9 Å². The molecule has 5 aliphatic rings. The highest BCUT2D eigenvalue weighted by molar-refractivity contribution is 6.33. The summed E-state index contributed by atoms with van der Waals surface area (Å²) in [7, 11) is 2.21.